The van der Waals surface area contributed by atoms with E-state index < -0.39 is 5.97 Å². The van der Waals surface area contributed by atoms with E-state index in [2.05, 4.69) is 12.2 Å². The zero-order valence-corrected chi connectivity index (χ0v) is 11.0. The summed E-state index contributed by atoms with van der Waals surface area (Å²) in [7, 11) is 1.43. The highest BCUT2D eigenvalue weighted by molar-refractivity contribution is 5.91. The molecule has 0 heterocycles. The molecule has 2 rings (SSSR count). The second-order valence-electron chi connectivity index (χ2n) is 4.88. The van der Waals surface area contributed by atoms with E-state index in [4.69, 9.17) is 9.84 Å². The van der Waals surface area contributed by atoms with Crippen molar-refractivity contribution in [3.05, 3.63) is 29.3 Å². The molecule has 1 aromatic carbocycles. The Bertz CT molecular complexity index is 512. The first kappa shape index (κ1) is 13.4. The highest BCUT2D eigenvalue weighted by atomic mass is 16.5. The molecule has 0 unspecified atom stereocenters. The van der Waals surface area contributed by atoms with E-state index in [9.17, 15) is 9.59 Å². The molecule has 1 aromatic rings. The van der Waals surface area contributed by atoms with Crippen LogP contribution in [0, 0.1) is 11.8 Å². The molecule has 1 aliphatic rings. The van der Waals surface area contributed by atoms with Gasteiger partial charge in [-0.15, -0.1) is 0 Å². The smallest absolute Gasteiger partial charge is 0.339 e. The van der Waals surface area contributed by atoms with E-state index >= 15 is 0 Å². The molecule has 0 aliphatic heterocycles. The fourth-order valence-corrected chi connectivity index (χ4v) is 2.03. The average Bonchev–Trinajstić information content (AvgIpc) is 3.12. The van der Waals surface area contributed by atoms with Crippen LogP contribution in [0.25, 0.3) is 0 Å². The summed E-state index contributed by atoms with van der Waals surface area (Å²) in [5.41, 5.74) is 0.942. The molecule has 2 atom stereocenters. The summed E-state index contributed by atoms with van der Waals surface area (Å²) in [6.07, 6.45) is 0.951. The van der Waals surface area contributed by atoms with Gasteiger partial charge in [0.05, 0.1) is 7.11 Å². The van der Waals surface area contributed by atoms with Gasteiger partial charge >= 0.3 is 5.97 Å². The molecular weight excluding hydrogens is 246 g/mol. The molecule has 1 saturated carbocycles. The van der Waals surface area contributed by atoms with Crippen LogP contribution in [0.1, 0.15) is 29.3 Å². The minimum absolute atomic E-state index is 0.0637. The number of carboxylic acid groups (broad SMARTS) is 1. The quantitative estimate of drug-likeness (QED) is 0.847. The zero-order chi connectivity index (χ0) is 14.0. The van der Waals surface area contributed by atoms with Crippen molar-refractivity contribution in [1.29, 1.82) is 0 Å². The third-order valence-electron chi connectivity index (χ3n) is 3.41. The molecule has 0 aromatic heterocycles. The molecule has 0 bridgehead atoms. The average molecular weight is 263 g/mol. The highest BCUT2D eigenvalue weighted by Gasteiger charge is 2.38. The summed E-state index contributed by atoms with van der Waals surface area (Å²) in [5, 5.41) is 11.8. The van der Waals surface area contributed by atoms with Crippen molar-refractivity contribution >= 4 is 11.9 Å². The van der Waals surface area contributed by atoms with Crippen molar-refractivity contribution in [3.8, 4) is 5.75 Å². The number of amides is 1. The first-order valence-electron chi connectivity index (χ1n) is 6.21. The first-order chi connectivity index (χ1) is 9.02. The first-order valence-corrected chi connectivity index (χ1v) is 6.21. The lowest BCUT2D eigenvalue weighted by atomic mass is 10.1. The summed E-state index contributed by atoms with van der Waals surface area (Å²) in [4.78, 5) is 22.6. The zero-order valence-electron chi connectivity index (χ0n) is 11.0. The topological polar surface area (TPSA) is 75.6 Å². The van der Waals surface area contributed by atoms with Crippen molar-refractivity contribution in [3.63, 3.8) is 0 Å². The van der Waals surface area contributed by atoms with E-state index in [1.807, 2.05) is 0 Å². The number of ether oxygens (including phenoxy) is 1. The molecule has 19 heavy (non-hydrogen) atoms. The van der Waals surface area contributed by atoms with Gasteiger partial charge in [-0.3, -0.25) is 4.79 Å². The number of hydrogen-bond donors (Lipinski definition) is 2. The standard InChI is InChI=1S/C14H17NO4/c1-8-5-11(8)13(16)15-7-9-3-4-10(14(17)18)12(6-9)19-2/h3-4,6,8,11H,5,7H2,1-2H3,(H,15,16)(H,17,18)/t8-,11-/m0/s1. The Balaban J connectivity index is 2.01. The normalized spacial score (nSPS) is 20.7. The Kier molecular flexibility index (Phi) is 3.74. The molecular formula is C14H17NO4. The van der Waals surface area contributed by atoms with Crippen LogP contribution in [-0.4, -0.2) is 24.1 Å². The summed E-state index contributed by atoms with van der Waals surface area (Å²) in [6.45, 7) is 2.44. The van der Waals surface area contributed by atoms with Crippen molar-refractivity contribution in [1.82, 2.24) is 5.32 Å². The minimum Gasteiger partial charge on any atom is -0.496 e. The fourth-order valence-electron chi connectivity index (χ4n) is 2.03. The van der Waals surface area contributed by atoms with Gasteiger partial charge in [-0.05, 0) is 30.0 Å². The van der Waals surface area contributed by atoms with Crippen LogP contribution in [0.15, 0.2) is 18.2 Å². The van der Waals surface area contributed by atoms with Crippen LogP contribution >= 0.6 is 0 Å². The van der Waals surface area contributed by atoms with Crippen LogP contribution in [0.4, 0.5) is 0 Å². The molecule has 2 N–H and O–H groups in total. The van der Waals surface area contributed by atoms with E-state index in [1.54, 1.807) is 12.1 Å². The Hall–Kier alpha value is -2.04. The number of methoxy groups -OCH3 is 1. The minimum atomic E-state index is -1.03. The molecule has 0 saturated heterocycles. The van der Waals surface area contributed by atoms with Gasteiger partial charge in [0.2, 0.25) is 5.91 Å². The molecule has 1 aliphatic carbocycles. The third kappa shape index (κ3) is 3.05. The number of carbonyl (C=O) groups excluding carboxylic acids is 1. The maximum Gasteiger partial charge on any atom is 0.339 e. The Morgan fingerprint density at radius 2 is 2.16 bits per heavy atom. The van der Waals surface area contributed by atoms with Gasteiger partial charge in [0.15, 0.2) is 0 Å². The largest absolute Gasteiger partial charge is 0.496 e. The predicted octanol–water partition coefficient (Wildman–Crippen LogP) is 1.67. The van der Waals surface area contributed by atoms with E-state index in [-0.39, 0.29) is 17.4 Å². The van der Waals surface area contributed by atoms with Crippen LogP contribution < -0.4 is 10.1 Å². The summed E-state index contributed by atoms with van der Waals surface area (Å²) in [6, 6.07) is 4.81. The van der Waals surface area contributed by atoms with Crippen LogP contribution in [0.2, 0.25) is 0 Å². The number of nitrogens with one attached hydrogen (secondary N) is 1. The maximum absolute atomic E-state index is 11.7. The van der Waals surface area contributed by atoms with Gasteiger partial charge < -0.3 is 15.2 Å². The van der Waals surface area contributed by atoms with Crippen molar-refractivity contribution in [2.45, 2.75) is 19.9 Å². The predicted molar refractivity (Wildman–Crippen MR) is 69.1 cm³/mol. The second-order valence-corrected chi connectivity index (χ2v) is 4.88. The van der Waals surface area contributed by atoms with Gasteiger partial charge in [0.25, 0.3) is 0 Å². The van der Waals surface area contributed by atoms with Crippen LogP contribution in [-0.2, 0) is 11.3 Å². The van der Waals surface area contributed by atoms with Gasteiger partial charge in [0.1, 0.15) is 11.3 Å². The van der Waals surface area contributed by atoms with E-state index in [0.29, 0.717) is 18.2 Å². The number of carbonyl (C=O) groups is 2. The molecule has 1 fully saturated rings. The summed E-state index contributed by atoms with van der Waals surface area (Å²) >= 11 is 0. The summed E-state index contributed by atoms with van der Waals surface area (Å²) < 4.78 is 5.04. The lowest BCUT2D eigenvalue weighted by Gasteiger charge is -2.09. The molecule has 5 nitrogen and oxygen atoms in total. The molecule has 0 spiro atoms. The fraction of sp³-hybridized carbons (Fsp3) is 0.429. The highest BCUT2D eigenvalue weighted by Crippen LogP contribution is 2.37. The van der Waals surface area contributed by atoms with Crippen molar-refractivity contribution < 1.29 is 19.4 Å². The van der Waals surface area contributed by atoms with Crippen molar-refractivity contribution in [2.75, 3.05) is 7.11 Å². The van der Waals surface area contributed by atoms with E-state index in [0.717, 1.165) is 12.0 Å². The van der Waals surface area contributed by atoms with Gasteiger partial charge in [-0.25, -0.2) is 4.79 Å². The number of benzene rings is 1. The molecule has 5 heteroatoms. The summed E-state index contributed by atoms with van der Waals surface area (Å²) in [5.74, 6) is -0.0452. The lowest BCUT2D eigenvalue weighted by Crippen LogP contribution is -2.24. The van der Waals surface area contributed by atoms with Gasteiger partial charge in [-0.1, -0.05) is 13.0 Å². The maximum atomic E-state index is 11.7. The monoisotopic (exact) mass is 263 g/mol. The number of carboxylic acids is 1. The Morgan fingerprint density at radius 1 is 1.47 bits per heavy atom. The van der Waals surface area contributed by atoms with Gasteiger partial charge in [0, 0.05) is 12.5 Å². The Morgan fingerprint density at radius 3 is 2.68 bits per heavy atom. The number of aromatic carboxylic acids is 1. The van der Waals surface area contributed by atoms with E-state index in [1.165, 1.54) is 13.2 Å². The lowest BCUT2D eigenvalue weighted by molar-refractivity contribution is -0.122. The molecule has 0 radical (unpaired) electrons. The Labute approximate surface area is 111 Å². The van der Waals surface area contributed by atoms with Gasteiger partial charge in [-0.2, -0.15) is 0 Å². The SMILES string of the molecule is COc1cc(CNC(=O)[C@H]2C[C@@H]2C)ccc1C(=O)O. The number of hydrogen-bond acceptors (Lipinski definition) is 3. The second kappa shape index (κ2) is 5.30. The molecule has 102 valence electrons. The third-order valence-corrected chi connectivity index (χ3v) is 3.41. The number of rotatable bonds is 5. The van der Waals surface area contributed by atoms with Crippen molar-refractivity contribution in [2.24, 2.45) is 11.8 Å². The molecule has 1 amide bonds. The van der Waals surface area contributed by atoms with Crippen LogP contribution in [0.5, 0.6) is 5.75 Å². The van der Waals surface area contributed by atoms with Crippen LogP contribution in [0.3, 0.4) is 0 Å².